The van der Waals surface area contributed by atoms with Gasteiger partial charge in [0.05, 0.1) is 0 Å². The molecule has 0 aliphatic carbocycles. The fraction of sp³-hybridized carbons (Fsp3) is 0.0833. The van der Waals surface area contributed by atoms with E-state index in [9.17, 15) is 4.39 Å². The lowest BCUT2D eigenvalue weighted by Gasteiger charge is -2.10. The van der Waals surface area contributed by atoms with Crippen LogP contribution in [-0.4, -0.2) is 4.98 Å². The van der Waals surface area contributed by atoms with Gasteiger partial charge in [-0.05, 0) is 18.2 Å². The van der Waals surface area contributed by atoms with E-state index in [0.29, 0.717) is 17.1 Å². The number of ether oxygens (including phenoxy) is 1. The first-order chi connectivity index (χ1) is 8.31. The molecule has 1 aromatic heterocycles. The highest BCUT2D eigenvalue weighted by Gasteiger charge is 2.05. The molecule has 0 saturated carbocycles. The lowest BCUT2D eigenvalue weighted by atomic mass is 10.2. The molecule has 0 fully saturated rings. The molecule has 0 bridgehead atoms. The zero-order chi connectivity index (χ0) is 12.1. The number of aromatic nitrogens is 1. The Hall–Kier alpha value is -2.14. The molecule has 2 aromatic rings. The summed E-state index contributed by atoms with van der Waals surface area (Å²) in [5.41, 5.74) is 2.90. The van der Waals surface area contributed by atoms with E-state index in [0.717, 1.165) is 0 Å². The molecule has 0 saturated heterocycles. The van der Waals surface area contributed by atoms with E-state index in [1.807, 2.05) is 0 Å². The summed E-state index contributed by atoms with van der Waals surface area (Å²) in [7, 11) is 0. The number of nitrogens with two attached hydrogens (primary N) is 1. The Kier molecular flexibility index (Phi) is 3.52. The Balaban J connectivity index is 2.10. The molecule has 0 spiro atoms. The number of hydrogen-bond acceptors (Lipinski definition) is 4. The van der Waals surface area contributed by atoms with Gasteiger partial charge in [-0.1, -0.05) is 18.2 Å². The Morgan fingerprint density at radius 3 is 2.82 bits per heavy atom. The van der Waals surface area contributed by atoms with Gasteiger partial charge in [0.1, 0.15) is 12.4 Å². The van der Waals surface area contributed by atoms with Crippen LogP contribution in [0.1, 0.15) is 5.56 Å². The van der Waals surface area contributed by atoms with Gasteiger partial charge in [0.25, 0.3) is 0 Å². The molecule has 1 aromatic carbocycles. The smallest absolute Gasteiger partial charge is 0.182 e. The van der Waals surface area contributed by atoms with Gasteiger partial charge >= 0.3 is 0 Å². The standard InChI is InChI=1S/C12H12FN3O/c13-10-5-2-1-4-9(10)8-17-11-6-3-7-15-12(11)16-14/h1-7H,8,14H2,(H,15,16). The number of nitrogen functional groups attached to an aromatic ring is 1. The van der Waals surface area contributed by atoms with Crippen LogP contribution in [0.25, 0.3) is 0 Å². The van der Waals surface area contributed by atoms with Gasteiger partial charge in [0.15, 0.2) is 11.6 Å². The van der Waals surface area contributed by atoms with Crippen LogP contribution in [0, 0.1) is 5.82 Å². The van der Waals surface area contributed by atoms with Crippen molar-refractivity contribution in [2.45, 2.75) is 6.61 Å². The summed E-state index contributed by atoms with van der Waals surface area (Å²) in [6.07, 6.45) is 1.59. The highest BCUT2D eigenvalue weighted by molar-refractivity contribution is 5.48. The van der Waals surface area contributed by atoms with Gasteiger partial charge in [0, 0.05) is 11.8 Å². The Morgan fingerprint density at radius 2 is 2.06 bits per heavy atom. The van der Waals surface area contributed by atoms with E-state index in [4.69, 9.17) is 10.6 Å². The van der Waals surface area contributed by atoms with Crippen molar-refractivity contribution >= 4 is 5.82 Å². The molecule has 88 valence electrons. The van der Waals surface area contributed by atoms with E-state index in [1.54, 1.807) is 36.5 Å². The Bertz CT molecular complexity index is 505. The summed E-state index contributed by atoms with van der Waals surface area (Å²) in [5, 5.41) is 0. The van der Waals surface area contributed by atoms with Gasteiger partial charge in [-0.15, -0.1) is 0 Å². The van der Waals surface area contributed by atoms with Gasteiger partial charge < -0.3 is 10.2 Å². The molecule has 1 heterocycles. The maximum atomic E-state index is 13.3. The molecule has 0 aliphatic heterocycles. The first-order valence-electron chi connectivity index (χ1n) is 5.09. The molecule has 0 aliphatic rings. The molecule has 4 nitrogen and oxygen atoms in total. The third kappa shape index (κ3) is 2.70. The van der Waals surface area contributed by atoms with Crippen molar-refractivity contribution in [2.75, 3.05) is 5.43 Å². The van der Waals surface area contributed by atoms with Gasteiger partial charge in [0.2, 0.25) is 0 Å². The van der Waals surface area contributed by atoms with Crippen LogP contribution in [0.2, 0.25) is 0 Å². The van der Waals surface area contributed by atoms with Gasteiger partial charge in [-0.3, -0.25) is 0 Å². The maximum absolute atomic E-state index is 13.3. The average molecular weight is 233 g/mol. The number of halogens is 1. The van der Waals surface area contributed by atoms with Crippen LogP contribution in [0.5, 0.6) is 5.75 Å². The molecule has 3 N–H and O–H groups in total. The predicted molar refractivity (Wildman–Crippen MR) is 62.8 cm³/mol. The second-order valence-corrected chi connectivity index (χ2v) is 3.37. The van der Waals surface area contributed by atoms with Crippen molar-refractivity contribution in [3.05, 3.63) is 54.0 Å². The summed E-state index contributed by atoms with van der Waals surface area (Å²) < 4.78 is 18.8. The molecular formula is C12H12FN3O. The number of hydrogen-bond donors (Lipinski definition) is 2. The highest BCUT2D eigenvalue weighted by atomic mass is 19.1. The molecule has 0 amide bonds. The monoisotopic (exact) mass is 233 g/mol. The van der Waals surface area contributed by atoms with Crippen LogP contribution >= 0.6 is 0 Å². The van der Waals surface area contributed by atoms with Crippen LogP contribution in [-0.2, 0) is 6.61 Å². The number of nitrogens with one attached hydrogen (secondary N) is 1. The van der Waals surface area contributed by atoms with Crippen molar-refractivity contribution in [3.63, 3.8) is 0 Å². The fourth-order valence-corrected chi connectivity index (χ4v) is 1.39. The lowest BCUT2D eigenvalue weighted by Crippen LogP contribution is -2.10. The predicted octanol–water partition coefficient (Wildman–Crippen LogP) is 2.09. The Morgan fingerprint density at radius 1 is 1.24 bits per heavy atom. The van der Waals surface area contributed by atoms with E-state index in [-0.39, 0.29) is 12.4 Å². The highest BCUT2D eigenvalue weighted by Crippen LogP contribution is 2.21. The number of anilines is 1. The topological polar surface area (TPSA) is 60.2 Å². The van der Waals surface area contributed by atoms with Crippen molar-refractivity contribution in [3.8, 4) is 5.75 Å². The van der Waals surface area contributed by atoms with Crippen LogP contribution < -0.4 is 16.0 Å². The average Bonchev–Trinajstić information content (AvgIpc) is 2.38. The van der Waals surface area contributed by atoms with Crippen LogP contribution in [0.3, 0.4) is 0 Å². The first-order valence-corrected chi connectivity index (χ1v) is 5.09. The van der Waals surface area contributed by atoms with E-state index >= 15 is 0 Å². The minimum atomic E-state index is -0.293. The number of rotatable bonds is 4. The third-order valence-electron chi connectivity index (χ3n) is 2.25. The zero-order valence-corrected chi connectivity index (χ0v) is 9.06. The van der Waals surface area contributed by atoms with E-state index < -0.39 is 0 Å². The Labute approximate surface area is 98.2 Å². The van der Waals surface area contributed by atoms with Crippen LogP contribution in [0.4, 0.5) is 10.2 Å². The lowest BCUT2D eigenvalue weighted by molar-refractivity contribution is 0.300. The van der Waals surface area contributed by atoms with Crippen molar-refractivity contribution in [1.82, 2.24) is 4.98 Å². The molecular weight excluding hydrogens is 221 g/mol. The second kappa shape index (κ2) is 5.27. The molecule has 17 heavy (non-hydrogen) atoms. The van der Waals surface area contributed by atoms with E-state index in [2.05, 4.69) is 10.4 Å². The van der Waals surface area contributed by atoms with Crippen LogP contribution in [0.15, 0.2) is 42.6 Å². The SMILES string of the molecule is NNc1ncccc1OCc1ccccc1F. The van der Waals surface area contributed by atoms with Crippen molar-refractivity contribution in [1.29, 1.82) is 0 Å². The number of nitrogens with zero attached hydrogens (tertiary/aromatic N) is 1. The van der Waals surface area contributed by atoms with E-state index in [1.165, 1.54) is 6.07 Å². The quantitative estimate of drug-likeness (QED) is 0.627. The summed E-state index contributed by atoms with van der Waals surface area (Å²) >= 11 is 0. The van der Waals surface area contributed by atoms with Gasteiger partial charge in [-0.25, -0.2) is 15.2 Å². The maximum Gasteiger partial charge on any atom is 0.182 e. The minimum Gasteiger partial charge on any atom is -0.485 e. The molecule has 0 atom stereocenters. The number of hydrazine groups is 1. The first kappa shape index (κ1) is 11.3. The summed E-state index contributed by atoms with van der Waals surface area (Å²) in [6.45, 7) is 0.132. The minimum absolute atomic E-state index is 0.132. The van der Waals surface area contributed by atoms with Crippen molar-refractivity contribution in [2.24, 2.45) is 5.84 Å². The van der Waals surface area contributed by atoms with Crippen molar-refractivity contribution < 1.29 is 9.13 Å². The zero-order valence-electron chi connectivity index (χ0n) is 9.06. The fourth-order valence-electron chi connectivity index (χ4n) is 1.39. The second-order valence-electron chi connectivity index (χ2n) is 3.37. The molecule has 0 radical (unpaired) electrons. The third-order valence-corrected chi connectivity index (χ3v) is 2.25. The number of benzene rings is 1. The summed E-state index contributed by atoms with van der Waals surface area (Å²) in [4.78, 5) is 3.98. The summed E-state index contributed by atoms with van der Waals surface area (Å²) in [5.74, 6) is 5.89. The summed E-state index contributed by atoms with van der Waals surface area (Å²) in [6, 6.07) is 9.88. The normalized spacial score (nSPS) is 10.0. The molecule has 5 heteroatoms. The molecule has 2 rings (SSSR count). The number of pyridine rings is 1. The largest absolute Gasteiger partial charge is 0.485 e. The van der Waals surface area contributed by atoms with Gasteiger partial charge in [-0.2, -0.15) is 0 Å². The molecule has 0 unspecified atom stereocenters.